The van der Waals surface area contributed by atoms with Gasteiger partial charge in [-0.25, -0.2) is 12.8 Å². The summed E-state index contributed by atoms with van der Waals surface area (Å²) in [5.74, 6) is -0.566. The van der Waals surface area contributed by atoms with Crippen molar-refractivity contribution in [1.29, 1.82) is 0 Å². The van der Waals surface area contributed by atoms with Gasteiger partial charge in [0.15, 0.2) is 6.61 Å². The Morgan fingerprint density at radius 3 is 2.45 bits per heavy atom. The summed E-state index contributed by atoms with van der Waals surface area (Å²) in [5.41, 5.74) is 0.793. The molecule has 0 bridgehead atoms. The average Bonchev–Trinajstić information content (AvgIpc) is 2.72. The number of benzene rings is 2. The van der Waals surface area contributed by atoms with Crippen LogP contribution in [0.4, 0.5) is 4.39 Å². The van der Waals surface area contributed by atoms with Crippen molar-refractivity contribution in [1.82, 2.24) is 9.21 Å². The lowest BCUT2D eigenvalue weighted by Crippen LogP contribution is -2.51. The lowest BCUT2D eigenvalue weighted by Gasteiger charge is -2.33. The van der Waals surface area contributed by atoms with Crippen LogP contribution < -0.4 is 4.74 Å². The van der Waals surface area contributed by atoms with Crippen molar-refractivity contribution in [3.05, 3.63) is 70.3 Å². The first-order valence-corrected chi connectivity index (χ1v) is 10.8. The minimum absolute atomic E-state index is 0.0823. The summed E-state index contributed by atoms with van der Waals surface area (Å²) in [6.07, 6.45) is 1.55. The van der Waals surface area contributed by atoms with Gasteiger partial charge in [0.25, 0.3) is 5.91 Å². The lowest BCUT2D eigenvalue weighted by molar-refractivity contribution is -0.134. The van der Waals surface area contributed by atoms with Gasteiger partial charge in [0.1, 0.15) is 11.6 Å². The van der Waals surface area contributed by atoms with Crippen LogP contribution in [0.15, 0.2) is 53.9 Å². The molecule has 1 saturated heterocycles. The third kappa shape index (κ3) is 5.79. The third-order valence-electron chi connectivity index (χ3n) is 4.43. The molecule has 1 aliphatic rings. The molecule has 0 spiro atoms. The first kappa shape index (κ1) is 21.3. The largest absolute Gasteiger partial charge is 0.482 e. The van der Waals surface area contributed by atoms with E-state index in [-0.39, 0.29) is 49.5 Å². The van der Waals surface area contributed by atoms with Crippen LogP contribution in [0, 0.1) is 5.82 Å². The van der Waals surface area contributed by atoms with Gasteiger partial charge in [0, 0.05) is 31.6 Å². The Hall–Kier alpha value is -2.42. The fourth-order valence-electron chi connectivity index (χ4n) is 2.83. The van der Waals surface area contributed by atoms with Crippen LogP contribution in [-0.2, 0) is 14.8 Å². The van der Waals surface area contributed by atoms with Crippen LogP contribution in [0.1, 0.15) is 5.56 Å². The van der Waals surface area contributed by atoms with Gasteiger partial charge < -0.3 is 9.64 Å². The monoisotopic (exact) mass is 438 g/mol. The zero-order valence-corrected chi connectivity index (χ0v) is 17.1. The Morgan fingerprint density at radius 2 is 1.79 bits per heavy atom. The van der Waals surface area contributed by atoms with E-state index in [2.05, 4.69) is 0 Å². The minimum atomic E-state index is -3.57. The van der Waals surface area contributed by atoms with Crippen LogP contribution in [0.5, 0.6) is 5.75 Å². The van der Waals surface area contributed by atoms with Crippen LogP contribution >= 0.6 is 11.6 Å². The van der Waals surface area contributed by atoms with Gasteiger partial charge >= 0.3 is 0 Å². The molecule has 1 amide bonds. The second-order valence-corrected chi connectivity index (χ2v) is 8.63. The zero-order valence-electron chi connectivity index (χ0n) is 15.5. The van der Waals surface area contributed by atoms with Crippen molar-refractivity contribution >= 4 is 33.6 Å². The molecular weight excluding hydrogens is 419 g/mol. The summed E-state index contributed by atoms with van der Waals surface area (Å²) in [6, 6.07) is 12.8. The molecule has 0 aliphatic carbocycles. The Bertz CT molecular complexity index is 991. The smallest absolute Gasteiger partial charge is 0.260 e. The fraction of sp³-hybridized carbons (Fsp3) is 0.250. The summed E-state index contributed by atoms with van der Waals surface area (Å²) >= 11 is 5.87. The molecule has 9 heteroatoms. The highest BCUT2D eigenvalue weighted by Gasteiger charge is 2.27. The number of halogens is 2. The molecule has 1 fully saturated rings. The average molecular weight is 439 g/mol. The molecule has 1 aliphatic heterocycles. The van der Waals surface area contributed by atoms with Gasteiger partial charge in [-0.3, -0.25) is 4.79 Å². The maximum atomic E-state index is 13.0. The highest BCUT2D eigenvalue weighted by atomic mass is 35.5. The third-order valence-corrected chi connectivity index (χ3v) is 6.29. The van der Waals surface area contributed by atoms with Crippen molar-refractivity contribution < 1.29 is 22.3 Å². The molecule has 0 saturated carbocycles. The van der Waals surface area contributed by atoms with E-state index in [1.807, 2.05) is 30.3 Å². The number of ether oxygens (including phenoxy) is 1. The van der Waals surface area contributed by atoms with E-state index in [0.717, 1.165) is 11.6 Å². The molecular formula is C20H20ClFN2O4S. The molecule has 2 aromatic carbocycles. The number of carbonyl (C=O) groups is 1. The molecule has 0 N–H and O–H groups in total. The molecule has 1 heterocycles. The van der Waals surface area contributed by atoms with Crippen LogP contribution in [0.25, 0.3) is 6.08 Å². The number of piperazine rings is 1. The number of sulfonamides is 1. The number of amides is 1. The molecule has 0 atom stereocenters. The predicted octanol–water partition coefficient (Wildman–Crippen LogP) is 3.00. The van der Waals surface area contributed by atoms with Crippen molar-refractivity contribution in [2.45, 2.75) is 0 Å². The zero-order chi connectivity index (χ0) is 20.9. The van der Waals surface area contributed by atoms with Gasteiger partial charge in [0.05, 0.1) is 5.02 Å². The predicted molar refractivity (Wildman–Crippen MR) is 109 cm³/mol. The van der Waals surface area contributed by atoms with E-state index < -0.39 is 15.8 Å². The van der Waals surface area contributed by atoms with Gasteiger partial charge in [0.2, 0.25) is 10.0 Å². The van der Waals surface area contributed by atoms with Crippen molar-refractivity contribution in [3.8, 4) is 5.75 Å². The number of carbonyl (C=O) groups excluding carboxylic acids is 1. The first-order chi connectivity index (χ1) is 13.8. The van der Waals surface area contributed by atoms with E-state index in [4.69, 9.17) is 16.3 Å². The summed E-state index contributed by atoms with van der Waals surface area (Å²) < 4.78 is 44.7. The molecule has 29 heavy (non-hydrogen) atoms. The van der Waals surface area contributed by atoms with Gasteiger partial charge in [-0.1, -0.05) is 41.9 Å². The molecule has 0 radical (unpaired) electrons. The number of rotatable bonds is 6. The van der Waals surface area contributed by atoms with E-state index >= 15 is 0 Å². The molecule has 154 valence electrons. The molecule has 2 aromatic rings. The van der Waals surface area contributed by atoms with E-state index in [1.165, 1.54) is 26.7 Å². The topological polar surface area (TPSA) is 66.9 Å². The molecule has 3 rings (SSSR count). The molecule has 0 aromatic heterocycles. The van der Waals surface area contributed by atoms with Crippen molar-refractivity contribution in [3.63, 3.8) is 0 Å². The van der Waals surface area contributed by atoms with Crippen LogP contribution in [0.3, 0.4) is 0 Å². The highest BCUT2D eigenvalue weighted by molar-refractivity contribution is 7.92. The number of hydrogen-bond donors (Lipinski definition) is 0. The minimum Gasteiger partial charge on any atom is -0.482 e. The molecule has 6 nitrogen and oxygen atoms in total. The summed E-state index contributed by atoms with van der Waals surface area (Å²) in [6.45, 7) is 0.663. The molecule has 0 unspecified atom stereocenters. The first-order valence-electron chi connectivity index (χ1n) is 8.94. The quantitative estimate of drug-likeness (QED) is 0.695. The van der Waals surface area contributed by atoms with Gasteiger partial charge in [-0.15, -0.1) is 0 Å². The second-order valence-electron chi connectivity index (χ2n) is 6.40. The number of hydrogen-bond acceptors (Lipinski definition) is 4. The number of nitrogens with zero attached hydrogens (tertiary/aromatic N) is 2. The van der Waals surface area contributed by atoms with Gasteiger partial charge in [-0.05, 0) is 29.8 Å². The van der Waals surface area contributed by atoms with E-state index in [1.54, 1.807) is 6.08 Å². The lowest BCUT2D eigenvalue weighted by atomic mass is 10.2. The van der Waals surface area contributed by atoms with Crippen molar-refractivity contribution in [2.75, 3.05) is 32.8 Å². The second kappa shape index (κ2) is 9.39. The van der Waals surface area contributed by atoms with Gasteiger partial charge in [-0.2, -0.15) is 4.31 Å². The van der Waals surface area contributed by atoms with E-state index in [9.17, 15) is 17.6 Å². The SMILES string of the molecule is O=C(COc1ccc(F)cc1Cl)N1CCN(S(=O)(=O)/C=C/c2ccccc2)CC1. The maximum Gasteiger partial charge on any atom is 0.260 e. The van der Waals surface area contributed by atoms with Crippen molar-refractivity contribution in [2.24, 2.45) is 0 Å². The summed E-state index contributed by atoms with van der Waals surface area (Å²) in [7, 11) is -3.57. The highest BCUT2D eigenvalue weighted by Crippen LogP contribution is 2.24. The maximum absolute atomic E-state index is 13.0. The summed E-state index contributed by atoms with van der Waals surface area (Å²) in [5, 5.41) is 1.26. The Morgan fingerprint density at radius 1 is 1.10 bits per heavy atom. The van der Waals surface area contributed by atoms with Crippen LogP contribution in [0.2, 0.25) is 5.02 Å². The van der Waals surface area contributed by atoms with E-state index in [0.29, 0.717) is 0 Å². The standard InChI is InChI=1S/C20H20ClFN2O4S/c21-18-14-17(22)6-7-19(18)28-15-20(25)23-9-11-24(12-10-23)29(26,27)13-8-16-4-2-1-3-5-16/h1-8,13-14H,9-12,15H2/b13-8+. The Balaban J connectivity index is 1.51. The fourth-order valence-corrected chi connectivity index (χ4v) is 4.23. The normalized spacial score (nSPS) is 15.6. The summed E-state index contributed by atoms with van der Waals surface area (Å²) in [4.78, 5) is 13.9. The van der Waals surface area contributed by atoms with Crippen LogP contribution in [-0.4, -0.2) is 56.3 Å². The Labute approximate surface area is 174 Å². The Kier molecular flexibility index (Phi) is 6.89.